The second-order valence-corrected chi connectivity index (χ2v) is 4.42. The molecule has 0 aliphatic rings. The van der Waals surface area contributed by atoms with Crippen molar-refractivity contribution in [3.05, 3.63) is 34.9 Å². The standard InChI is InChI=1S/C10H14O2S/c1-7-5-4-6-10(8(7)2)9(3)13(11)12/h4-6,9H,1-3H3,(H,11,12)/p-1. The minimum absolute atomic E-state index is 0.417. The van der Waals surface area contributed by atoms with Crippen molar-refractivity contribution in [2.75, 3.05) is 0 Å². The van der Waals surface area contributed by atoms with Crippen LogP contribution in [0.4, 0.5) is 0 Å². The van der Waals surface area contributed by atoms with Crippen LogP contribution in [0.1, 0.15) is 28.9 Å². The molecule has 0 heterocycles. The number of benzene rings is 1. The predicted molar refractivity (Wildman–Crippen MR) is 53.3 cm³/mol. The first-order chi connectivity index (χ1) is 6.04. The van der Waals surface area contributed by atoms with Gasteiger partial charge < -0.3 is 4.55 Å². The molecule has 0 aliphatic heterocycles. The van der Waals surface area contributed by atoms with Crippen molar-refractivity contribution in [1.82, 2.24) is 0 Å². The highest BCUT2D eigenvalue weighted by Gasteiger charge is 2.09. The molecule has 2 atom stereocenters. The molecule has 0 saturated carbocycles. The zero-order valence-electron chi connectivity index (χ0n) is 8.03. The van der Waals surface area contributed by atoms with Crippen LogP contribution >= 0.6 is 0 Å². The van der Waals surface area contributed by atoms with Gasteiger partial charge in [0.25, 0.3) is 0 Å². The van der Waals surface area contributed by atoms with Gasteiger partial charge in [0.05, 0.1) is 0 Å². The van der Waals surface area contributed by atoms with Crippen LogP contribution < -0.4 is 0 Å². The van der Waals surface area contributed by atoms with Crippen molar-refractivity contribution in [3.8, 4) is 0 Å². The zero-order chi connectivity index (χ0) is 10.0. The second-order valence-electron chi connectivity index (χ2n) is 3.19. The average Bonchev–Trinajstić information content (AvgIpc) is 2.08. The van der Waals surface area contributed by atoms with Crippen molar-refractivity contribution < 1.29 is 8.76 Å². The molecule has 0 radical (unpaired) electrons. The molecule has 0 fully saturated rings. The van der Waals surface area contributed by atoms with Gasteiger partial charge in [-0.15, -0.1) is 0 Å². The Labute approximate surface area is 81.3 Å². The molecule has 1 aromatic rings. The minimum Gasteiger partial charge on any atom is -0.772 e. The number of rotatable bonds is 2. The lowest BCUT2D eigenvalue weighted by molar-refractivity contribution is 0.527. The number of aryl methyl sites for hydroxylation is 1. The molecule has 0 saturated heterocycles. The monoisotopic (exact) mass is 197 g/mol. The summed E-state index contributed by atoms with van der Waals surface area (Å²) in [5, 5.41) is -0.417. The van der Waals surface area contributed by atoms with E-state index in [1.165, 1.54) is 0 Å². The van der Waals surface area contributed by atoms with Crippen LogP contribution in [0.25, 0.3) is 0 Å². The lowest BCUT2D eigenvalue weighted by atomic mass is 10.0. The Bertz CT molecular complexity index is 334. The fraction of sp³-hybridized carbons (Fsp3) is 0.400. The van der Waals surface area contributed by atoms with E-state index in [1.54, 1.807) is 6.92 Å². The third-order valence-electron chi connectivity index (χ3n) is 2.37. The maximum atomic E-state index is 10.8. The topological polar surface area (TPSA) is 40.1 Å². The lowest BCUT2D eigenvalue weighted by Crippen LogP contribution is -2.04. The molecule has 2 unspecified atom stereocenters. The Morgan fingerprint density at radius 3 is 2.54 bits per heavy atom. The van der Waals surface area contributed by atoms with E-state index in [4.69, 9.17) is 0 Å². The van der Waals surface area contributed by atoms with Crippen molar-refractivity contribution in [1.29, 1.82) is 0 Å². The Morgan fingerprint density at radius 2 is 2.00 bits per heavy atom. The summed E-state index contributed by atoms with van der Waals surface area (Å²) in [5.74, 6) is 0. The first-order valence-electron chi connectivity index (χ1n) is 4.18. The normalized spacial score (nSPS) is 15.4. The molecule has 2 nitrogen and oxygen atoms in total. The molecule has 0 spiro atoms. The van der Waals surface area contributed by atoms with Gasteiger partial charge in [-0.25, -0.2) is 0 Å². The van der Waals surface area contributed by atoms with Crippen molar-refractivity contribution >= 4 is 11.1 Å². The van der Waals surface area contributed by atoms with E-state index >= 15 is 0 Å². The van der Waals surface area contributed by atoms with Gasteiger partial charge in [-0.3, -0.25) is 4.21 Å². The Kier molecular flexibility index (Phi) is 3.22. The second kappa shape index (κ2) is 4.03. The van der Waals surface area contributed by atoms with Gasteiger partial charge in [0.15, 0.2) is 0 Å². The maximum Gasteiger partial charge on any atom is 0.0439 e. The third kappa shape index (κ3) is 2.17. The first kappa shape index (κ1) is 10.4. The van der Waals surface area contributed by atoms with Crippen molar-refractivity contribution in [3.63, 3.8) is 0 Å². The van der Waals surface area contributed by atoms with Crippen LogP contribution in [0.3, 0.4) is 0 Å². The molecule has 13 heavy (non-hydrogen) atoms. The van der Waals surface area contributed by atoms with E-state index in [2.05, 4.69) is 0 Å². The van der Waals surface area contributed by atoms with Crippen LogP contribution in [0.5, 0.6) is 0 Å². The molecule has 0 bridgehead atoms. The fourth-order valence-corrected chi connectivity index (χ4v) is 1.78. The van der Waals surface area contributed by atoms with Crippen LogP contribution in [0.2, 0.25) is 0 Å². The van der Waals surface area contributed by atoms with Gasteiger partial charge in [0, 0.05) is 5.25 Å². The molecule has 0 N–H and O–H groups in total. The molecule has 72 valence electrons. The van der Waals surface area contributed by atoms with E-state index in [1.807, 2.05) is 32.0 Å². The van der Waals surface area contributed by atoms with Gasteiger partial charge >= 0.3 is 0 Å². The SMILES string of the molecule is Cc1cccc(C(C)S(=O)[O-])c1C. The smallest absolute Gasteiger partial charge is 0.0439 e. The first-order valence-corrected chi connectivity index (χ1v) is 5.32. The van der Waals surface area contributed by atoms with E-state index in [0.717, 1.165) is 16.7 Å². The van der Waals surface area contributed by atoms with Crippen molar-refractivity contribution in [2.45, 2.75) is 26.0 Å². The molecule has 0 aromatic heterocycles. The van der Waals surface area contributed by atoms with Crippen LogP contribution in [-0.4, -0.2) is 8.76 Å². The van der Waals surface area contributed by atoms with Gasteiger partial charge in [-0.05, 0) is 48.5 Å². The van der Waals surface area contributed by atoms with E-state index < -0.39 is 16.3 Å². The fourth-order valence-electron chi connectivity index (χ4n) is 1.32. The molecule has 1 rings (SSSR count). The van der Waals surface area contributed by atoms with Gasteiger partial charge in [-0.2, -0.15) is 0 Å². The zero-order valence-corrected chi connectivity index (χ0v) is 8.85. The van der Waals surface area contributed by atoms with Gasteiger partial charge in [0.1, 0.15) is 0 Å². The van der Waals surface area contributed by atoms with E-state index in [9.17, 15) is 8.76 Å². The summed E-state index contributed by atoms with van der Waals surface area (Å²) in [6.07, 6.45) is 0. The van der Waals surface area contributed by atoms with E-state index in [-0.39, 0.29) is 0 Å². The highest BCUT2D eigenvalue weighted by atomic mass is 32.2. The summed E-state index contributed by atoms with van der Waals surface area (Å²) in [5.41, 5.74) is 3.10. The largest absolute Gasteiger partial charge is 0.772 e. The summed E-state index contributed by atoms with van der Waals surface area (Å²) in [7, 11) is 0. The summed E-state index contributed by atoms with van der Waals surface area (Å²) >= 11 is -2.03. The summed E-state index contributed by atoms with van der Waals surface area (Å²) in [4.78, 5) is 0. The highest BCUT2D eigenvalue weighted by molar-refractivity contribution is 7.79. The molecule has 0 amide bonds. The van der Waals surface area contributed by atoms with E-state index in [0.29, 0.717) is 0 Å². The number of hydrogen-bond donors (Lipinski definition) is 0. The van der Waals surface area contributed by atoms with Crippen LogP contribution in [-0.2, 0) is 11.1 Å². The molecular formula is C10H13O2S-. The molecule has 3 heteroatoms. The van der Waals surface area contributed by atoms with Crippen molar-refractivity contribution in [2.24, 2.45) is 0 Å². The molecule has 0 aliphatic carbocycles. The Balaban J connectivity index is 3.15. The van der Waals surface area contributed by atoms with Gasteiger partial charge in [0.2, 0.25) is 0 Å². The maximum absolute atomic E-state index is 10.8. The van der Waals surface area contributed by atoms with Gasteiger partial charge in [-0.1, -0.05) is 18.2 Å². The predicted octanol–water partition coefficient (Wildman–Crippen LogP) is 2.24. The summed E-state index contributed by atoms with van der Waals surface area (Å²) in [6.45, 7) is 5.64. The minimum atomic E-state index is -2.03. The average molecular weight is 197 g/mol. The Morgan fingerprint density at radius 1 is 1.38 bits per heavy atom. The quantitative estimate of drug-likeness (QED) is 0.682. The highest BCUT2D eigenvalue weighted by Crippen LogP contribution is 2.23. The van der Waals surface area contributed by atoms with Crippen LogP contribution in [0, 0.1) is 13.8 Å². The lowest BCUT2D eigenvalue weighted by Gasteiger charge is -2.18. The summed E-state index contributed by atoms with van der Waals surface area (Å²) in [6, 6.07) is 5.74. The molecule has 1 aromatic carbocycles. The Hall–Kier alpha value is -0.670. The molecular weight excluding hydrogens is 184 g/mol. The third-order valence-corrected chi connectivity index (χ3v) is 3.20. The number of hydrogen-bond acceptors (Lipinski definition) is 2. The summed E-state index contributed by atoms with van der Waals surface area (Å²) < 4.78 is 21.5. The van der Waals surface area contributed by atoms with Crippen LogP contribution in [0.15, 0.2) is 18.2 Å².